The normalized spacial score (nSPS) is 13.8. The number of hydrogen-bond donors (Lipinski definition) is 0. The highest BCUT2D eigenvalue weighted by Crippen LogP contribution is 2.43. The highest BCUT2D eigenvalue weighted by Gasteiger charge is 2.28. The van der Waals surface area contributed by atoms with E-state index in [0.717, 1.165) is 25.7 Å². The Kier molecular flexibility index (Phi) is 3.89. The van der Waals surface area contributed by atoms with Gasteiger partial charge in [0.25, 0.3) is 0 Å². The van der Waals surface area contributed by atoms with E-state index in [1.165, 1.54) is 61.5 Å². The number of aryl methyl sites for hydroxylation is 4. The van der Waals surface area contributed by atoms with Crippen molar-refractivity contribution < 1.29 is 4.57 Å². The number of pyridine rings is 2. The third-order valence-corrected chi connectivity index (χ3v) is 6.86. The summed E-state index contributed by atoms with van der Waals surface area (Å²) in [5, 5.41) is 0. The summed E-state index contributed by atoms with van der Waals surface area (Å²) >= 11 is 0. The first kappa shape index (κ1) is 17.6. The van der Waals surface area contributed by atoms with Crippen LogP contribution in [0.2, 0.25) is 0 Å². The summed E-state index contributed by atoms with van der Waals surface area (Å²) in [4.78, 5) is 4.81. The molecule has 30 heavy (non-hydrogen) atoms. The number of rotatable bonds is 0. The summed E-state index contributed by atoms with van der Waals surface area (Å²) < 4.78 is 2.27. The topological polar surface area (TPSA) is 16.8 Å². The quantitative estimate of drug-likeness (QED) is 0.315. The van der Waals surface area contributed by atoms with Crippen LogP contribution in [0.5, 0.6) is 0 Å². The van der Waals surface area contributed by atoms with Crippen molar-refractivity contribution in [1.29, 1.82) is 0 Å². The highest BCUT2D eigenvalue weighted by atomic mass is 14.9. The summed E-state index contributed by atoms with van der Waals surface area (Å²) in [5.74, 6) is 0. The molecular weight excluding hydrogens is 364 g/mol. The molecule has 0 unspecified atom stereocenters. The molecule has 2 nitrogen and oxygen atoms in total. The lowest BCUT2D eigenvalue weighted by Gasteiger charge is -2.13. The van der Waals surface area contributed by atoms with E-state index in [-0.39, 0.29) is 0 Å². The summed E-state index contributed by atoms with van der Waals surface area (Å²) in [6, 6.07) is 20.5. The molecule has 0 saturated heterocycles. The fourth-order valence-corrected chi connectivity index (χ4v) is 5.30. The number of aromatic nitrogens is 2. The minimum Gasteiger partial charge on any atom is -0.261 e. The standard InChI is InChI=1S/C28H25N2/c1-18-9-10-22-23-11-13-29-26-8-4-6-19-5-3-7-20(15-19)21-12-14-30(2)27(16-21)28(18)25(22)17-24(23)26/h3,5,7,9-16H,4,6,8,17H2,1-2H3/q+1. The molecule has 0 spiro atoms. The fraction of sp³-hybridized carbons (Fsp3) is 0.214. The predicted molar refractivity (Wildman–Crippen MR) is 121 cm³/mol. The minimum absolute atomic E-state index is 0.986. The van der Waals surface area contributed by atoms with Crippen molar-refractivity contribution in [3.05, 3.63) is 94.9 Å². The Balaban J connectivity index is 1.68. The molecule has 2 aromatic carbocycles. The molecule has 6 bridgehead atoms. The first-order valence-electron chi connectivity index (χ1n) is 10.9. The molecule has 0 fully saturated rings. The van der Waals surface area contributed by atoms with Gasteiger partial charge in [0.15, 0.2) is 6.20 Å². The summed E-state index contributed by atoms with van der Waals surface area (Å²) in [7, 11) is 2.16. The summed E-state index contributed by atoms with van der Waals surface area (Å²) in [5.41, 5.74) is 14.9. The van der Waals surface area contributed by atoms with E-state index in [1.807, 2.05) is 6.20 Å². The maximum absolute atomic E-state index is 4.81. The van der Waals surface area contributed by atoms with Gasteiger partial charge in [-0.05, 0) is 76.8 Å². The number of fused-ring (bicyclic) bond motifs is 7. The Morgan fingerprint density at radius 1 is 0.867 bits per heavy atom. The molecular formula is C28H25N2+. The molecule has 0 N–H and O–H groups in total. The molecule has 2 aliphatic carbocycles. The van der Waals surface area contributed by atoms with Gasteiger partial charge in [0.1, 0.15) is 7.05 Å². The van der Waals surface area contributed by atoms with Crippen LogP contribution >= 0.6 is 0 Å². The molecule has 2 aromatic heterocycles. The van der Waals surface area contributed by atoms with Crippen molar-refractivity contribution in [3.8, 4) is 33.5 Å². The Bertz CT molecular complexity index is 1320. The van der Waals surface area contributed by atoms with Gasteiger partial charge >= 0.3 is 0 Å². The van der Waals surface area contributed by atoms with Gasteiger partial charge in [0.2, 0.25) is 5.69 Å². The van der Waals surface area contributed by atoms with E-state index in [1.54, 1.807) is 0 Å². The zero-order chi connectivity index (χ0) is 20.2. The van der Waals surface area contributed by atoms with Crippen LogP contribution in [-0.4, -0.2) is 4.98 Å². The van der Waals surface area contributed by atoms with Crippen molar-refractivity contribution in [1.82, 2.24) is 4.98 Å². The molecule has 0 aliphatic heterocycles. The van der Waals surface area contributed by atoms with E-state index in [9.17, 15) is 0 Å². The fourth-order valence-electron chi connectivity index (χ4n) is 5.30. The molecule has 2 heteroatoms. The summed E-state index contributed by atoms with van der Waals surface area (Å²) in [6.07, 6.45) is 8.45. The summed E-state index contributed by atoms with van der Waals surface area (Å²) in [6.45, 7) is 2.24. The van der Waals surface area contributed by atoms with Gasteiger partial charge < -0.3 is 0 Å². The Morgan fingerprint density at radius 3 is 2.67 bits per heavy atom. The van der Waals surface area contributed by atoms with Gasteiger partial charge in [-0.1, -0.05) is 36.4 Å². The molecule has 2 aliphatic rings. The second-order valence-electron chi connectivity index (χ2n) is 8.71. The first-order chi connectivity index (χ1) is 14.7. The lowest BCUT2D eigenvalue weighted by atomic mass is 9.92. The number of hydrogen-bond acceptors (Lipinski definition) is 1. The monoisotopic (exact) mass is 389 g/mol. The maximum Gasteiger partial charge on any atom is 0.213 e. The van der Waals surface area contributed by atoms with Crippen molar-refractivity contribution >= 4 is 0 Å². The molecule has 0 amide bonds. The largest absolute Gasteiger partial charge is 0.261 e. The van der Waals surface area contributed by atoms with Crippen molar-refractivity contribution in [2.24, 2.45) is 7.05 Å². The zero-order valence-corrected chi connectivity index (χ0v) is 17.6. The Labute approximate surface area is 177 Å². The van der Waals surface area contributed by atoms with Crippen molar-refractivity contribution in [2.45, 2.75) is 32.6 Å². The van der Waals surface area contributed by atoms with E-state index in [2.05, 4.69) is 79.3 Å². The smallest absolute Gasteiger partial charge is 0.213 e. The van der Waals surface area contributed by atoms with Crippen LogP contribution in [0.3, 0.4) is 0 Å². The highest BCUT2D eigenvalue weighted by molar-refractivity contribution is 5.86. The molecule has 146 valence electrons. The second-order valence-corrected chi connectivity index (χ2v) is 8.71. The van der Waals surface area contributed by atoms with Crippen LogP contribution in [0.1, 0.15) is 34.4 Å². The molecule has 0 saturated carbocycles. The Hall–Kier alpha value is -3.26. The van der Waals surface area contributed by atoms with Gasteiger partial charge in [0, 0.05) is 30.4 Å². The zero-order valence-electron chi connectivity index (χ0n) is 17.6. The molecule has 0 atom stereocenters. The van der Waals surface area contributed by atoms with E-state index in [4.69, 9.17) is 4.98 Å². The third-order valence-electron chi connectivity index (χ3n) is 6.86. The van der Waals surface area contributed by atoms with E-state index >= 15 is 0 Å². The van der Waals surface area contributed by atoms with Gasteiger partial charge in [-0.3, -0.25) is 4.98 Å². The van der Waals surface area contributed by atoms with Crippen molar-refractivity contribution in [3.63, 3.8) is 0 Å². The lowest BCUT2D eigenvalue weighted by molar-refractivity contribution is -0.660. The predicted octanol–water partition coefficient (Wildman–Crippen LogP) is 5.61. The lowest BCUT2D eigenvalue weighted by Crippen LogP contribution is -2.31. The molecule has 6 rings (SSSR count). The van der Waals surface area contributed by atoms with Crippen LogP contribution < -0.4 is 4.57 Å². The van der Waals surface area contributed by atoms with Crippen LogP contribution in [0.4, 0.5) is 0 Å². The van der Waals surface area contributed by atoms with Crippen LogP contribution in [-0.2, 0) is 26.3 Å². The van der Waals surface area contributed by atoms with Crippen molar-refractivity contribution in [2.75, 3.05) is 0 Å². The molecule has 4 aromatic rings. The first-order valence-corrected chi connectivity index (χ1v) is 10.9. The van der Waals surface area contributed by atoms with Gasteiger partial charge in [-0.2, -0.15) is 0 Å². The molecule has 2 heterocycles. The average Bonchev–Trinajstić information content (AvgIpc) is 3.14. The SMILES string of the molecule is Cc1ccc2c3c1-c1cc(cc[n+]1C)-c1cccc(c1)CCCc1nccc-2c1C3. The van der Waals surface area contributed by atoms with Gasteiger partial charge in [-0.25, -0.2) is 4.57 Å². The number of nitrogens with zero attached hydrogens (tertiary/aromatic N) is 2. The molecule has 0 radical (unpaired) electrons. The van der Waals surface area contributed by atoms with Crippen LogP contribution in [0.15, 0.2) is 67.0 Å². The van der Waals surface area contributed by atoms with E-state index in [0.29, 0.717) is 0 Å². The van der Waals surface area contributed by atoms with Crippen LogP contribution in [0, 0.1) is 6.92 Å². The average molecular weight is 390 g/mol. The van der Waals surface area contributed by atoms with Gasteiger partial charge in [0.05, 0.1) is 5.56 Å². The minimum atomic E-state index is 0.986. The van der Waals surface area contributed by atoms with E-state index < -0.39 is 0 Å². The second kappa shape index (κ2) is 6.63. The van der Waals surface area contributed by atoms with Gasteiger partial charge in [-0.15, -0.1) is 0 Å². The Morgan fingerprint density at radius 2 is 1.73 bits per heavy atom. The maximum atomic E-state index is 4.81. The number of benzene rings is 2. The third kappa shape index (κ3) is 2.64. The van der Waals surface area contributed by atoms with Crippen LogP contribution in [0.25, 0.3) is 33.5 Å².